The van der Waals surface area contributed by atoms with Crippen LogP contribution in [0.4, 0.5) is 0 Å². The van der Waals surface area contributed by atoms with Gasteiger partial charge in [0.25, 0.3) is 0 Å². The van der Waals surface area contributed by atoms with E-state index in [2.05, 4.69) is 40.4 Å². The molecule has 116 valence electrons. The lowest BCUT2D eigenvalue weighted by atomic mass is 10.0. The normalized spacial score (nSPS) is 17.5. The Bertz CT molecular complexity index is 841. The number of hydrogen-bond acceptors (Lipinski definition) is 4. The molecule has 5 heteroatoms. The molecular weight excluding hydrogens is 306 g/mol. The van der Waals surface area contributed by atoms with Crippen LogP contribution in [-0.4, -0.2) is 23.8 Å². The van der Waals surface area contributed by atoms with Crippen LogP contribution in [0.15, 0.2) is 40.7 Å². The van der Waals surface area contributed by atoms with E-state index in [9.17, 15) is 4.79 Å². The summed E-state index contributed by atoms with van der Waals surface area (Å²) in [5.41, 5.74) is 9.04. The molecule has 0 bridgehead atoms. The van der Waals surface area contributed by atoms with Crippen molar-refractivity contribution in [2.45, 2.75) is 19.4 Å². The average Bonchev–Trinajstić information content (AvgIpc) is 3.03. The van der Waals surface area contributed by atoms with Gasteiger partial charge in [-0.05, 0) is 41.6 Å². The predicted octanol–water partition coefficient (Wildman–Crippen LogP) is 3.00. The van der Waals surface area contributed by atoms with Crippen LogP contribution in [0.1, 0.15) is 29.8 Å². The first-order valence-electron chi connectivity index (χ1n) is 7.30. The molecule has 0 spiro atoms. The first-order chi connectivity index (χ1) is 11.1. The fraction of sp³-hybridized carbons (Fsp3) is 0.222. The molecule has 4 nitrogen and oxygen atoms in total. The van der Waals surface area contributed by atoms with Crippen molar-refractivity contribution in [1.82, 2.24) is 4.90 Å². The van der Waals surface area contributed by atoms with Crippen LogP contribution in [0.25, 0.3) is 11.1 Å². The minimum absolute atomic E-state index is 0.00216. The van der Waals surface area contributed by atoms with Crippen LogP contribution < -0.4 is 5.73 Å². The number of thiophene rings is 1. The van der Waals surface area contributed by atoms with Crippen LogP contribution in [0.3, 0.4) is 0 Å². The molecule has 1 aliphatic rings. The number of guanidine groups is 1. The summed E-state index contributed by atoms with van der Waals surface area (Å²) in [5, 5.41) is 2.09. The molecule has 0 fully saturated rings. The minimum atomic E-state index is -0.184. The summed E-state index contributed by atoms with van der Waals surface area (Å²) in [7, 11) is 1.65. The zero-order chi connectivity index (χ0) is 16.4. The summed E-state index contributed by atoms with van der Waals surface area (Å²) in [4.78, 5) is 18.8. The SMILES string of the molecule is CC#Cc1cccc(-c2csc([C@@H]3CC(=O)N(C)C(N)=N3)c2)c1. The predicted molar refractivity (Wildman–Crippen MR) is 94.1 cm³/mol. The Hall–Kier alpha value is -2.58. The van der Waals surface area contributed by atoms with Gasteiger partial charge in [0.15, 0.2) is 5.96 Å². The van der Waals surface area contributed by atoms with E-state index in [1.807, 2.05) is 19.1 Å². The molecule has 0 saturated carbocycles. The molecule has 2 N–H and O–H groups in total. The third kappa shape index (κ3) is 3.13. The maximum atomic E-state index is 11.9. The lowest BCUT2D eigenvalue weighted by Crippen LogP contribution is -2.42. The maximum absolute atomic E-state index is 11.9. The molecule has 2 heterocycles. The summed E-state index contributed by atoms with van der Waals surface area (Å²) in [6.45, 7) is 1.83. The van der Waals surface area contributed by atoms with Gasteiger partial charge in [-0.1, -0.05) is 18.1 Å². The highest BCUT2D eigenvalue weighted by atomic mass is 32.1. The van der Waals surface area contributed by atoms with Crippen LogP contribution >= 0.6 is 11.3 Å². The summed E-state index contributed by atoms with van der Waals surface area (Å²) in [6, 6.07) is 10.0. The second-order valence-electron chi connectivity index (χ2n) is 5.35. The van der Waals surface area contributed by atoms with Crippen LogP contribution in [0.5, 0.6) is 0 Å². The molecule has 23 heavy (non-hydrogen) atoms. The molecule has 0 saturated heterocycles. The van der Waals surface area contributed by atoms with Gasteiger partial charge in [-0.15, -0.1) is 17.3 Å². The maximum Gasteiger partial charge on any atom is 0.231 e. The van der Waals surface area contributed by atoms with Crippen molar-refractivity contribution in [1.29, 1.82) is 0 Å². The van der Waals surface area contributed by atoms with Crippen LogP contribution in [-0.2, 0) is 4.79 Å². The zero-order valence-electron chi connectivity index (χ0n) is 13.0. The Balaban J connectivity index is 1.90. The Morgan fingerprint density at radius 1 is 1.35 bits per heavy atom. The standard InChI is InChI=1S/C18H17N3OS/c1-3-5-12-6-4-7-13(8-12)14-9-16(23-11-14)15-10-17(22)21(2)18(19)20-15/h4,6-9,11,15H,10H2,1-2H3,(H2,19,20)/t15-/m0/s1. The molecule has 0 aliphatic carbocycles. The van der Waals surface area contributed by atoms with Gasteiger partial charge in [0.1, 0.15) is 0 Å². The molecule has 1 aliphatic heterocycles. The van der Waals surface area contributed by atoms with Crippen LogP contribution in [0.2, 0.25) is 0 Å². The lowest BCUT2D eigenvalue weighted by Gasteiger charge is -2.24. The van der Waals surface area contributed by atoms with E-state index in [1.165, 1.54) is 4.90 Å². The number of hydrogen-bond donors (Lipinski definition) is 1. The first kappa shape index (κ1) is 15.3. The Morgan fingerprint density at radius 2 is 2.17 bits per heavy atom. The molecule has 0 radical (unpaired) electrons. The van der Waals surface area contributed by atoms with E-state index in [0.717, 1.165) is 21.6 Å². The summed E-state index contributed by atoms with van der Waals surface area (Å²) < 4.78 is 0. The number of carbonyl (C=O) groups excluding carboxylic acids is 1. The monoisotopic (exact) mass is 323 g/mol. The topological polar surface area (TPSA) is 58.7 Å². The minimum Gasteiger partial charge on any atom is -0.369 e. The second-order valence-corrected chi connectivity index (χ2v) is 6.30. The summed E-state index contributed by atoms with van der Waals surface area (Å²) in [5.74, 6) is 6.26. The molecular formula is C18H17N3OS. The van der Waals surface area contributed by atoms with Crippen molar-refractivity contribution in [2.24, 2.45) is 10.7 Å². The molecule has 3 rings (SSSR count). The highest BCUT2D eigenvalue weighted by Crippen LogP contribution is 2.34. The molecule has 2 aromatic rings. The number of benzene rings is 1. The van der Waals surface area contributed by atoms with Crippen LogP contribution in [0, 0.1) is 11.8 Å². The van der Waals surface area contributed by atoms with Gasteiger partial charge in [-0.25, -0.2) is 4.99 Å². The molecule has 1 atom stereocenters. The van der Waals surface area contributed by atoms with E-state index >= 15 is 0 Å². The van der Waals surface area contributed by atoms with Crippen molar-refractivity contribution in [3.63, 3.8) is 0 Å². The average molecular weight is 323 g/mol. The van der Waals surface area contributed by atoms with Crippen molar-refractivity contribution < 1.29 is 4.79 Å². The number of carbonyl (C=O) groups is 1. The number of nitrogens with two attached hydrogens (primary N) is 1. The first-order valence-corrected chi connectivity index (χ1v) is 8.18. The molecule has 1 amide bonds. The molecule has 1 aromatic carbocycles. The van der Waals surface area contributed by atoms with Gasteiger partial charge in [0.05, 0.1) is 12.5 Å². The van der Waals surface area contributed by atoms with Crippen molar-refractivity contribution in [3.05, 3.63) is 46.2 Å². The third-order valence-corrected chi connectivity index (χ3v) is 4.82. The van der Waals surface area contributed by atoms with Gasteiger partial charge < -0.3 is 5.73 Å². The van der Waals surface area contributed by atoms with E-state index in [1.54, 1.807) is 18.4 Å². The van der Waals surface area contributed by atoms with E-state index < -0.39 is 0 Å². The Labute approximate surface area is 139 Å². The summed E-state index contributed by atoms with van der Waals surface area (Å²) in [6.07, 6.45) is 0.360. The fourth-order valence-corrected chi connectivity index (χ4v) is 3.44. The largest absolute Gasteiger partial charge is 0.369 e. The summed E-state index contributed by atoms with van der Waals surface area (Å²) >= 11 is 1.61. The highest BCUT2D eigenvalue weighted by Gasteiger charge is 2.26. The lowest BCUT2D eigenvalue weighted by molar-refractivity contribution is -0.127. The number of amides is 1. The fourth-order valence-electron chi connectivity index (χ4n) is 2.49. The number of rotatable bonds is 2. The smallest absolute Gasteiger partial charge is 0.231 e. The van der Waals surface area contributed by atoms with E-state index in [4.69, 9.17) is 5.73 Å². The Morgan fingerprint density at radius 3 is 2.91 bits per heavy atom. The zero-order valence-corrected chi connectivity index (χ0v) is 13.9. The highest BCUT2D eigenvalue weighted by molar-refractivity contribution is 7.10. The van der Waals surface area contributed by atoms with Gasteiger partial charge >= 0.3 is 0 Å². The van der Waals surface area contributed by atoms with Gasteiger partial charge in [0, 0.05) is 17.5 Å². The van der Waals surface area contributed by atoms with Gasteiger partial charge in [-0.2, -0.15) is 0 Å². The van der Waals surface area contributed by atoms with Crippen molar-refractivity contribution in [3.8, 4) is 23.0 Å². The van der Waals surface area contributed by atoms with Gasteiger partial charge in [-0.3, -0.25) is 9.69 Å². The van der Waals surface area contributed by atoms with E-state index in [0.29, 0.717) is 6.42 Å². The quantitative estimate of drug-likeness (QED) is 0.864. The third-order valence-electron chi connectivity index (χ3n) is 3.79. The van der Waals surface area contributed by atoms with Gasteiger partial charge in [0.2, 0.25) is 5.91 Å². The Kier molecular flexibility index (Phi) is 4.18. The molecule has 1 aromatic heterocycles. The number of aliphatic imine (C=N–C) groups is 1. The second kappa shape index (κ2) is 6.27. The molecule has 0 unspecified atom stereocenters. The van der Waals surface area contributed by atoms with E-state index in [-0.39, 0.29) is 17.9 Å². The van der Waals surface area contributed by atoms with Crippen molar-refractivity contribution >= 4 is 23.2 Å². The number of nitrogens with zero attached hydrogens (tertiary/aromatic N) is 2. The van der Waals surface area contributed by atoms with Crippen molar-refractivity contribution in [2.75, 3.05) is 7.05 Å².